The lowest BCUT2D eigenvalue weighted by atomic mass is 9.95. The summed E-state index contributed by atoms with van der Waals surface area (Å²) >= 11 is 0. The molecule has 0 spiro atoms. The molecule has 0 aliphatic rings. The molecule has 0 aliphatic heterocycles. The molecule has 4 heteroatoms. The minimum absolute atomic E-state index is 0.138. The maximum absolute atomic E-state index is 5.90. The lowest BCUT2D eigenvalue weighted by Crippen LogP contribution is -2.18. The topological polar surface area (TPSA) is 61.0 Å². The van der Waals surface area contributed by atoms with Crippen molar-refractivity contribution in [3.8, 4) is 5.88 Å². The number of anilines is 1. The summed E-state index contributed by atoms with van der Waals surface area (Å²) in [5.74, 6) is 1.80. The van der Waals surface area contributed by atoms with Crippen molar-refractivity contribution in [1.82, 2.24) is 9.97 Å². The van der Waals surface area contributed by atoms with Crippen LogP contribution < -0.4 is 10.5 Å². The van der Waals surface area contributed by atoms with Crippen LogP contribution in [0.5, 0.6) is 5.88 Å². The summed E-state index contributed by atoms with van der Waals surface area (Å²) in [6.07, 6.45) is 3.74. The summed E-state index contributed by atoms with van der Waals surface area (Å²) in [6.45, 7) is 12.3. The van der Waals surface area contributed by atoms with Crippen molar-refractivity contribution < 1.29 is 4.74 Å². The van der Waals surface area contributed by atoms with Gasteiger partial charge in [0.15, 0.2) is 0 Å². The first-order chi connectivity index (χ1) is 8.36. The average Bonchev–Trinajstić information content (AvgIpc) is 2.28. The van der Waals surface area contributed by atoms with Crippen LogP contribution in [0.25, 0.3) is 0 Å². The zero-order valence-corrected chi connectivity index (χ0v) is 11.8. The van der Waals surface area contributed by atoms with E-state index in [0.29, 0.717) is 24.1 Å². The van der Waals surface area contributed by atoms with Crippen molar-refractivity contribution >= 4 is 5.82 Å². The van der Waals surface area contributed by atoms with Crippen LogP contribution in [0.4, 0.5) is 5.82 Å². The van der Waals surface area contributed by atoms with E-state index < -0.39 is 0 Å². The lowest BCUT2D eigenvalue weighted by Gasteiger charge is -2.19. The van der Waals surface area contributed by atoms with Crippen LogP contribution >= 0.6 is 0 Å². The minimum Gasteiger partial charge on any atom is -0.477 e. The SMILES string of the molecule is C=CCCCOc1nc(C(C)(C)C)nc(N)c1C. The number of rotatable bonds is 5. The van der Waals surface area contributed by atoms with E-state index in [1.54, 1.807) is 0 Å². The van der Waals surface area contributed by atoms with Gasteiger partial charge in [-0.15, -0.1) is 6.58 Å². The Kier molecular flexibility index (Phi) is 4.70. The number of nitrogens with two attached hydrogens (primary N) is 1. The van der Waals surface area contributed by atoms with Crippen LogP contribution in [0.1, 0.15) is 45.0 Å². The monoisotopic (exact) mass is 249 g/mol. The number of nitrogen functional groups attached to an aromatic ring is 1. The van der Waals surface area contributed by atoms with Crippen LogP contribution in [-0.2, 0) is 5.41 Å². The molecule has 0 fully saturated rings. The van der Waals surface area contributed by atoms with E-state index in [1.807, 2.05) is 13.0 Å². The van der Waals surface area contributed by atoms with E-state index in [-0.39, 0.29) is 5.41 Å². The molecule has 1 heterocycles. The Morgan fingerprint density at radius 2 is 2.00 bits per heavy atom. The summed E-state index contributed by atoms with van der Waals surface area (Å²) < 4.78 is 5.68. The number of hydrogen-bond donors (Lipinski definition) is 1. The first-order valence-corrected chi connectivity index (χ1v) is 6.24. The third-order valence-corrected chi connectivity index (χ3v) is 2.60. The molecule has 1 rings (SSSR count). The van der Waals surface area contributed by atoms with Gasteiger partial charge < -0.3 is 10.5 Å². The van der Waals surface area contributed by atoms with Crippen molar-refractivity contribution in [1.29, 1.82) is 0 Å². The Hall–Kier alpha value is -1.58. The van der Waals surface area contributed by atoms with Gasteiger partial charge in [-0.25, -0.2) is 4.98 Å². The van der Waals surface area contributed by atoms with Crippen molar-refractivity contribution in [3.63, 3.8) is 0 Å². The zero-order chi connectivity index (χ0) is 13.8. The standard InChI is InChI=1S/C14H23N3O/c1-6-7-8-9-18-12-10(2)11(15)16-13(17-12)14(3,4)5/h6H,1,7-9H2,2-5H3,(H2,15,16,17). The summed E-state index contributed by atoms with van der Waals surface area (Å²) in [4.78, 5) is 8.78. The molecule has 4 nitrogen and oxygen atoms in total. The molecule has 0 bridgehead atoms. The van der Waals surface area contributed by atoms with Crippen molar-refractivity contribution in [2.45, 2.75) is 46.0 Å². The Bertz CT molecular complexity index is 422. The Balaban J connectivity index is 2.89. The summed E-state index contributed by atoms with van der Waals surface area (Å²) in [7, 11) is 0. The molecule has 0 unspecified atom stereocenters. The van der Waals surface area contributed by atoms with Crippen LogP contribution in [0.2, 0.25) is 0 Å². The van der Waals surface area contributed by atoms with Gasteiger partial charge in [0.2, 0.25) is 5.88 Å². The van der Waals surface area contributed by atoms with E-state index in [0.717, 1.165) is 18.4 Å². The molecule has 0 radical (unpaired) electrons. The summed E-state index contributed by atoms with van der Waals surface area (Å²) in [6, 6.07) is 0. The molecule has 100 valence electrons. The van der Waals surface area contributed by atoms with Gasteiger partial charge >= 0.3 is 0 Å². The lowest BCUT2D eigenvalue weighted by molar-refractivity contribution is 0.294. The molecule has 0 saturated heterocycles. The molecule has 0 aliphatic carbocycles. The van der Waals surface area contributed by atoms with E-state index in [1.165, 1.54) is 0 Å². The van der Waals surface area contributed by atoms with Crippen LogP contribution in [0.15, 0.2) is 12.7 Å². The van der Waals surface area contributed by atoms with Gasteiger partial charge in [-0.3, -0.25) is 0 Å². The van der Waals surface area contributed by atoms with E-state index in [2.05, 4.69) is 37.3 Å². The van der Waals surface area contributed by atoms with Gasteiger partial charge in [0, 0.05) is 5.41 Å². The maximum Gasteiger partial charge on any atom is 0.221 e. The smallest absolute Gasteiger partial charge is 0.221 e. The van der Waals surface area contributed by atoms with E-state index in [4.69, 9.17) is 10.5 Å². The van der Waals surface area contributed by atoms with Crippen molar-refractivity contribution in [2.24, 2.45) is 0 Å². The summed E-state index contributed by atoms with van der Waals surface area (Å²) in [5.41, 5.74) is 6.57. The predicted molar refractivity (Wildman–Crippen MR) is 74.8 cm³/mol. The fourth-order valence-corrected chi connectivity index (χ4v) is 1.38. The summed E-state index contributed by atoms with van der Waals surface area (Å²) in [5, 5.41) is 0. The van der Waals surface area contributed by atoms with E-state index in [9.17, 15) is 0 Å². The Labute approximate surface area is 109 Å². The van der Waals surface area contributed by atoms with E-state index >= 15 is 0 Å². The second kappa shape index (κ2) is 5.85. The van der Waals surface area contributed by atoms with Gasteiger partial charge in [0.25, 0.3) is 0 Å². The van der Waals surface area contributed by atoms with Crippen LogP contribution in [0.3, 0.4) is 0 Å². The first kappa shape index (κ1) is 14.5. The molecular weight excluding hydrogens is 226 g/mol. The number of hydrogen-bond acceptors (Lipinski definition) is 4. The third-order valence-electron chi connectivity index (χ3n) is 2.60. The van der Waals surface area contributed by atoms with Gasteiger partial charge in [-0.2, -0.15) is 4.98 Å². The predicted octanol–water partition coefficient (Wildman–Crippen LogP) is 3.01. The second-order valence-corrected chi connectivity index (χ2v) is 5.39. The maximum atomic E-state index is 5.90. The van der Waals surface area contributed by atoms with Gasteiger partial charge in [-0.05, 0) is 19.8 Å². The molecule has 0 amide bonds. The zero-order valence-electron chi connectivity index (χ0n) is 11.8. The number of aromatic nitrogens is 2. The molecule has 18 heavy (non-hydrogen) atoms. The highest BCUT2D eigenvalue weighted by Gasteiger charge is 2.20. The van der Waals surface area contributed by atoms with Crippen molar-refractivity contribution in [2.75, 3.05) is 12.3 Å². The molecule has 2 N–H and O–H groups in total. The first-order valence-electron chi connectivity index (χ1n) is 6.24. The van der Waals surface area contributed by atoms with Crippen molar-refractivity contribution in [3.05, 3.63) is 24.0 Å². The minimum atomic E-state index is -0.138. The van der Waals surface area contributed by atoms with Gasteiger partial charge in [0.1, 0.15) is 11.6 Å². The molecule has 0 aromatic carbocycles. The van der Waals surface area contributed by atoms with Gasteiger partial charge in [-0.1, -0.05) is 26.8 Å². The molecule has 0 saturated carbocycles. The van der Waals surface area contributed by atoms with Crippen LogP contribution in [-0.4, -0.2) is 16.6 Å². The second-order valence-electron chi connectivity index (χ2n) is 5.39. The Morgan fingerprint density at radius 1 is 1.33 bits per heavy atom. The highest BCUT2D eigenvalue weighted by Crippen LogP contribution is 2.26. The molecular formula is C14H23N3O. The van der Waals surface area contributed by atoms with Gasteiger partial charge in [0.05, 0.1) is 12.2 Å². The largest absolute Gasteiger partial charge is 0.477 e. The number of ether oxygens (including phenoxy) is 1. The quantitative estimate of drug-likeness (QED) is 0.643. The average molecular weight is 249 g/mol. The Morgan fingerprint density at radius 3 is 2.56 bits per heavy atom. The number of unbranched alkanes of at least 4 members (excludes halogenated alkanes) is 1. The molecule has 0 atom stereocenters. The molecule has 1 aromatic heterocycles. The number of allylic oxidation sites excluding steroid dienone is 1. The molecule has 1 aromatic rings. The highest BCUT2D eigenvalue weighted by atomic mass is 16.5. The number of nitrogens with zero attached hydrogens (tertiary/aromatic N) is 2. The highest BCUT2D eigenvalue weighted by molar-refractivity contribution is 5.45. The fraction of sp³-hybridized carbons (Fsp3) is 0.571. The normalized spacial score (nSPS) is 11.3. The fourth-order valence-electron chi connectivity index (χ4n) is 1.38. The van der Waals surface area contributed by atoms with Crippen LogP contribution in [0, 0.1) is 6.92 Å². The third kappa shape index (κ3) is 3.72.